The molecule has 1 amide bonds. The molecule has 0 saturated heterocycles. The Balaban J connectivity index is 1.52. The van der Waals surface area contributed by atoms with Crippen molar-refractivity contribution in [2.45, 2.75) is 45.4 Å². The molecule has 2 aromatic carbocycles. The zero-order chi connectivity index (χ0) is 29.9. The van der Waals surface area contributed by atoms with E-state index in [9.17, 15) is 9.59 Å². The zero-order valence-corrected chi connectivity index (χ0v) is 24.5. The summed E-state index contributed by atoms with van der Waals surface area (Å²) < 4.78 is 24.4. The van der Waals surface area contributed by atoms with Crippen LogP contribution in [0.3, 0.4) is 0 Å². The molecule has 0 fully saturated rings. The lowest BCUT2D eigenvalue weighted by Crippen LogP contribution is -2.42. The Labute approximate surface area is 245 Å². The van der Waals surface area contributed by atoms with Crippen LogP contribution < -0.4 is 9.47 Å². The summed E-state index contributed by atoms with van der Waals surface area (Å²) in [4.78, 5) is 31.7. The summed E-state index contributed by atoms with van der Waals surface area (Å²) in [6.45, 7) is 6.42. The van der Waals surface area contributed by atoms with Gasteiger partial charge in [-0.2, -0.15) is 0 Å². The Morgan fingerprint density at radius 1 is 1.05 bits per heavy atom. The van der Waals surface area contributed by atoms with Gasteiger partial charge in [0.25, 0.3) is 0 Å². The van der Waals surface area contributed by atoms with Crippen LogP contribution in [0, 0.1) is 0 Å². The van der Waals surface area contributed by atoms with E-state index in [0.29, 0.717) is 42.3 Å². The Hall–Kier alpha value is -4.79. The number of pyridine rings is 1. The quantitative estimate of drug-likeness (QED) is 0.243. The molecule has 5 rings (SSSR count). The molecule has 9 heteroatoms. The maximum Gasteiger partial charge on any atom is 0.411 e. The molecule has 4 aromatic rings. The number of carbonyl (C=O) groups is 2. The first-order chi connectivity index (χ1) is 20.2. The van der Waals surface area contributed by atoms with E-state index in [1.54, 1.807) is 36.5 Å². The van der Waals surface area contributed by atoms with Crippen molar-refractivity contribution < 1.29 is 28.5 Å². The normalized spacial score (nSPS) is 15.0. The minimum Gasteiger partial charge on any atom is -0.493 e. The van der Waals surface area contributed by atoms with E-state index in [1.165, 1.54) is 7.11 Å². The average molecular weight is 570 g/mol. The number of esters is 1. The predicted molar refractivity (Wildman–Crippen MR) is 159 cm³/mol. The van der Waals surface area contributed by atoms with Crippen molar-refractivity contribution >= 4 is 23.8 Å². The van der Waals surface area contributed by atoms with Crippen molar-refractivity contribution in [1.29, 1.82) is 0 Å². The fraction of sp³-hybridized carbons (Fsp3) is 0.303. The van der Waals surface area contributed by atoms with Crippen molar-refractivity contribution in [3.63, 3.8) is 0 Å². The van der Waals surface area contributed by atoms with Crippen molar-refractivity contribution in [3.05, 3.63) is 101 Å². The Kier molecular flexibility index (Phi) is 8.20. The standard InChI is InChI=1S/C33H35N3O6/c1-33(2,3)42-32(38)35-16-15-23-17-29(41-21-22-9-7-6-8-10-22)28(39-4)18-26(23)27(35)13-12-25-19-34-30-14-11-24(20-36(25)30)31(37)40-5/h6-14,17-20,27H,15-16,21H2,1-5H3/b13-12+. The summed E-state index contributed by atoms with van der Waals surface area (Å²) in [5, 5.41) is 0. The van der Waals surface area contributed by atoms with Gasteiger partial charge < -0.3 is 18.9 Å². The van der Waals surface area contributed by atoms with Gasteiger partial charge in [0.1, 0.15) is 17.9 Å². The molecular weight excluding hydrogens is 534 g/mol. The third-order valence-corrected chi connectivity index (χ3v) is 6.97. The highest BCUT2D eigenvalue weighted by molar-refractivity contribution is 5.89. The largest absolute Gasteiger partial charge is 0.493 e. The number of amides is 1. The molecule has 42 heavy (non-hydrogen) atoms. The second kappa shape index (κ2) is 12.0. The van der Waals surface area contributed by atoms with Crippen LogP contribution in [-0.4, -0.2) is 52.7 Å². The lowest BCUT2D eigenvalue weighted by molar-refractivity contribution is 0.0184. The van der Waals surface area contributed by atoms with Crippen LogP contribution in [0.2, 0.25) is 0 Å². The van der Waals surface area contributed by atoms with Gasteiger partial charge in [0.05, 0.1) is 37.7 Å². The van der Waals surface area contributed by atoms with Gasteiger partial charge in [0.15, 0.2) is 11.5 Å². The van der Waals surface area contributed by atoms with Crippen LogP contribution in [0.4, 0.5) is 4.79 Å². The SMILES string of the molecule is COC(=O)c1ccc2ncc(/C=C/C3c4cc(OC)c(OCc5ccccc5)cc4CCN3C(=O)OC(C)(C)C)n2c1. The molecule has 2 aromatic heterocycles. The number of methoxy groups -OCH3 is 2. The highest BCUT2D eigenvalue weighted by Gasteiger charge is 2.33. The highest BCUT2D eigenvalue weighted by Crippen LogP contribution is 2.40. The molecular formula is C33H35N3O6. The third kappa shape index (κ3) is 6.25. The number of ether oxygens (including phenoxy) is 4. The van der Waals surface area contributed by atoms with Crippen LogP contribution >= 0.6 is 0 Å². The number of fused-ring (bicyclic) bond motifs is 2. The van der Waals surface area contributed by atoms with Crippen LogP contribution in [0.5, 0.6) is 11.5 Å². The van der Waals surface area contributed by atoms with E-state index in [1.807, 2.05) is 79.8 Å². The molecule has 0 N–H and O–H groups in total. The summed E-state index contributed by atoms with van der Waals surface area (Å²) in [5.74, 6) is 0.785. The first-order valence-corrected chi connectivity index (χ1v) is 13.8. The second-order valence-corrected chi connectivity index (χ2v) is 11.0. The number of imidazole rings is 1. The maximum absolute atomic E-state index is 13.4. The maximum atomic E-state index is 13.4. The molecule has 9 nitrogen and oxygen atoms in total. The average Bonchev–Trinajstić information content (AvgIpc) is 3.39. The smallest absolute Gasteiger partial charge is 0.411 e. The van der Waals surface area contributed by atoms with E-state index >= 15 is 0 Å². The molecule has 218 valence electrons. The van der Waals surface area contributed by atoms with Gasteiger partial charge in [-0.3, -0.25) is 9.30 Å². The number of hydrogen-bond donors (Lipinski definition) is 0. The summed E-state index contributed by atoms with van der Waals surface area (Å²) in [5.41, 5.74) is 4.20. The van der Waals surface area contributed by atoms with Crippen LogP contribution in [0.25, 0.3) is 11.7 Å². The summed E-state index contributed by atoms with van der Waals surface area (Å²) in [6, 6.07) is 16.9. The predicted octanol–water partition coefficient (Wildman–Crippen LogP) is 6.26. The summed E-state index contributed by atoms with van der Waals surface area (Å²) >= 11 is 0. The number of benzene rings is 2. The van der Waals surface area contributed by atoms with Crippen molar-refractivity contribution in [2.75, 3.05) is 20.8 Å². The monoisotopic (exact) mass is 569 g/mol. The molecule has 0 aliphatic carbocycles. The van der Waals surface area contributed by atoms with E-state index in [4.69, 9.17) is 18.9 Å². The Bertz CT molecular complexity index is 1620. The molecule has 0 saturated carbocycles. The topological polar surface area (TPSA) is 91.6 Å². The Morgan fingerprint density at radius 3 is 2.55 bits per heavy atom. The molecule has 1 atom stereocenters. The van der Waals surface area contributed by atoms with Gasteiger partial charge in [-0.1, -0.05) is 36.4 Å². The molecule has 3 heterocycles. The van der Waals surface area contributed by atoms with E-state index in [-0.39, 0.29) is 0 Å². The van der Waals surface area contributed by atoms with Gasteiger partial charge in [-0.15, -0.1) is 0 Å². The van der Waals surface area contributed by atoms with Crippen molar-refractivity contribution in [2.24, 2.45) is 0 Å². The van der Waals surface area contributed by atoms with Gasteiger partial charge in [0.2, 0.25) is 0 Å². The number of nitrogens with zero attached hydrogens (tertiary/aromatic N) is 3. The van der Waals surface area contributed by atoms with Crippen LogP contribution in [0.15, 0.2) is 73.1 Å². The highest BCUT2D eigenvalue weighted by atomic mass is 16.6. The summed E-state index contributed by atoms with van der Waals surface area (Å²) in [6.07, 6.45) is 7.47. The fourth-order valence-corrected chi connectivity index (χ4v) is 4.95. The number of hydrogen-bond acceptors (Lipinski definition) is 7. The molecule has 1 aliphatic heterocycles. The van der Waals surface area contributed by atoms with E-state index in [0.717, 1.165) is 22.4 Å². The number of rotatable bonds is 7. The van der Waals surface area contributed by atoms with E-state index < -0.39 is 23.7 Å². The third-order valence-electron chi connectivity index (χ3n) is 6.97. The molecule has 0 radical (unpaired) electrons. The van der Waals surface area contributed by atoms with Gasteiger partial charge in [-0.05, 0) is 74.2 Å². The minimum atomic E-state index is -0.648. The lowest BCUT2D eigenvalue weighted by atomic mass is 9.91. The van der Waals surface area contributed by atoms with Gasteiger partial charge in [0, 0.05) is 12.7 Å². The first-order valence-electron chi connectivity index (χ1n) is 13.8. The molecule has 0 bridgehead atoms. The number of aromatic nitrogens is 2. The first kappa shape index (κ1) is 28.7. The van der Waals surface area contributed by atoms with Crippen LogP contribution in [-0.2, 0) is 22.5 Å². The molecule has 1 unspecified atom stereocenters. The lowest BCUT2D eigenvalue weighted by Gasteiger charge is -2.37. The molecule has 1 aliphatic rings. The summed E-state index contributed by atoms with van der Waals surface area (Å²) in [7, 11) is 2.95. The van der Waals surface area contributed by atoms with Crippen molar-refractivity contribution in [1.82, 2.24) is 14.3 Å². The minimum absolute atomic E-state index is 0.405. The second-order valence-electron chi connectivity index (χ2n) is 11.0. The van der Waals surface area contributed by atoms with Crippen LogP contribution in [0.1, 0.15) is 59.6 Å². The fourth-order valence-electron chi connectivity index (χ4n) is 4.95. The zero-order valence-electron chi connectivity index (χ0n) is 24.5. The number of carbonyl (C=O) groups excluding carboxylic acids is 2. The molecule has 0 spiro atoms. The Morgan fingerprint density at radius 2 is 1.83 bits per heavy atom. The van der Waals surface area contributed by atoms with Crippen molar-refractivity contribution in [3.8, 4) is 11.5 Å². The van der Waals surface area contributed by atoms with Gasteiger partial charge in [-0.25, -0.2) is 14.6 Å². The van der Waals surface area contributed by atoms with Gasteiger partial charge >= 0.3 is 12.1 Å². The van der Waals surface area contributed by atoms with E-state index in [2.05, 4.69) is 4.98 Å².